The third-order valence-corrected chi connectivity index (χ3v) is 6.86. The first kappa shape index (κ1) is 28.9. The molecule has 1 fully saturated rings. The Morgan fingerprint density at radius 1 is 0.929 bits per heavy atom. The average Bonchev–Trinajstić information content (AvgIpc) is 3.47. The van der Waals surface area contributed by atoms with E-state index >= 15 is 0 Å². The van der Waals surface area contributed by atoms with Gasteiger partial charge < -0.3 is 30.3 Å². The molecule has 0 radical (unpaired) electrons. The summed E-state index contributed by atoms with van der Waals surface area (Å²) < 4.78 is 51.0. The minimum Gasteiger partial charge on any atom is -0.495 e. The maximum absolute atomic E-state index is 13.2. The van der Waals surface area contributed by atoms with Crippen LogP contribution in [-0.4, -0.2) is 54.2 Å². The van der Waals surface area contributed by atoms with Crippen molar-refractivity contribution in [3.05, 3.63) is 71.9 Å². The fourth-order valence-electron chi connectivity index (χ4n) is 4.84. The highest BCUT2D eigenvalue weighted by Crippen LogP contribution is 2.36. The number of ether oxygens (including phenoxy) is 2. The molecule has 12 heteroatoms. The number of hydrogen-bond donors (Lipinski definition) is 3. The highest BCUT2D eigenvalue weighted by molar-refractivity contribution is 6.08. The van der Waals surface area contributed by atoms with Gasteiger partial charge in [-0.3, -0.25) is 0 Å². The number of hydrogen-bond acceptors (Lipinski definition) is 7. The molecular weight excluding hydrogens is 549 g/mol. The Morgan fingerprint density at radius 3 is 2.38 bits per heavy atom. The van der Waals surface area contributed by atoms with Crippen LogP contribution in [-0.2, 0) is 6.18 Å². The summed E-state index contributed by atoms with van der Waals surface area (Å²) in [6.07, 6.45) is -2.11. The number of carbonyl (C=O) groups excluding carboxylic acids is 1. The lowest BCUT2D eigenvalue weighted by atomic mass is 10.1. The fourth-order valence-corrected chi connectivity index (χ4v) is 4.84. The molecule has 4 aromatic rings. The Labute approximate surface area is 241 Å². The lowest BCUT2D eigenvalue weighted by molar-refractivity contribution is -0.137. The van der Waals surface area contributed by atoms with Crippen LogP contribution in [0.4, 0.5) is 35.3 Å². The molecule has 1 aliphatic rings. The number of aromatic nitrogens is 2. The van der Waals surface area contributed by atoms with Crippen LogP contribution in [0.5, 0.6) is 17.4 Å². The van der Waals surface area contributed by atoms with Crippen LogP contribution in [0.2, 0.25) is 0 Å². The van der Waals surface area contributed by atoms with E-state index in [1.807, 2.05) is 25.1 Å². The van der Waals surface area contributed by atoms with E-state index in [9.17, 15) is 18.0 Å². The summed E-state index contributed by atoms with van der Waals surface area (Å²) in [5.41, 5.74) is 0.158. The number of methoxy groups -OCH3 is 1. The van der Waals surface area contributed by atoms with Crippen LogP contribution in [0.15, 0.2) is 60.7 Å². The minimum absolute atomic E-state index is 0.0943. The monoisotopic (exact) mass is 580 g/mol. The van der Waals surface area contributed by atoms with Gasteiger partial charge in [0.2, 0.25) is 11.8 Å². The quantitative estimate of drug-likeness (QED) is 0.198. The Kier molecular flexibility index (Phi) is 8.62. The van der Waals surface area contributed by atoms with Gasteiger partial charge in [0.1, 0.15) is 11.5 Å². The highest BCUT2D eigenvalue weighted by Gasteiger charge is 2.31. The second-order valence-electron chi connectivity index (χ2n) is 9.90. The number of carbonyl (C=O) groups is 1. The Balaban J connectivity index is 1.32. The lowest BCUT2D eigenvalue weighted by Crippen LogP contribution is -2.26. The Bertz CT molecular complexity index is 1570. The number of rotatable bonds is 9. The van der Waals surface area contributed by atoms with E-state index < -0.39 is 17.8 Å². The second kappa shape index (κ2) is 12.5. The number of aryl methyl sites for hydroxylation is 1. The molecule has 1 aliphatic heterocycles. The van der Waals surface area contributed by atoms with Gasteiger partial charge in [-0.25, -0.2) is 9.78 Å². The van der Waals surface area contributed by atoms with Gasteiger partial charge in [-0.1, -0.05) is 24.3 Å². The van der Waals surface area contributed by atoms with Crippen molar-refractivity contribution >= 4 is 34.1 Å². The molecule has 3 N–H and O–H groups in total. The normalized spacial score (nSPS) is 13.6. The molecule has 42 heavy (non-hydrogen) atoms. The third-order valence-electron chi connectivity index (χ3n) is 6.86. The topological polar surface area (TPSA) is 101 Å². The van der Waals surface area contributed by atoms with Gasteiger partial charge in [-0.15, -0.1) is 0 Å². The maximum atomic E-state index is 13.2. The summed E-state index contributed by atoms with van der Waals surface area (Å²) in [5, 5.41) is 9.81. The van der Waals surface area contributed by atoms with E-state index in [4.69, 9.17) is 9.47 Å². The standard InChI is InChI=1S/C30H31F3N6O3/c1-19-17-27(38-28(35-19)34-13-16-39-14-5-6-15-39)42-25-12-10-23(21-7-3-4-8-22(21)25)36-29(40)37-24-18-20(30(31,32)33)9-11-26(24)41-2/h3-4,7-12,17-18H,5-6,13-16H2,1-2H3,(H,34,35,38)(H2,36,37,40). The minimum atomic E-state index is -4.57. The summed E-state index contributed by atoms with van der Waals surface area (Å²) in [4.78, 5) is 24.3. The molecule has 220 valence electrons. The number of benzene rings is 3. The summed E-state index contributed by atoms with van der Waals surface area (Å²) in [5.74, 6) is 1.45. The van der Waals surface area contributed by atoms with Crippen LogP contribution < -0.4 is 25.4 Å². The van der Waals surface area contributed by atoms with E-state index in [0.29, 0.717) is 34.0 Å². The summed E-state index contributed by atoms with van der Waals surface area (Å²) >= 11 is 0. The van der Waals surface area contributed by atoms with Gasteiger partial charge in [-0.05, 0) is 63.2 Å². The van der Waals surface area contributed by atoms with Crippen molar-refractivity contribution in [1.82, 2.24) is 14.9 Å². The molecule has 2 amide bonds. The van der Waals surface area contributed by atoms with Crippen LogP contribution >= 0.6 is 0 Å². The van der Waals surface area contributed by atoms with Crippen molar-refractivity contribution in [2.24, 2.45) is 0 Å². The van der Waals surface area contributed by atoms with Gasteiger partial charge in [0.25, 0.3) is 0 Å². The number of urea groups is 1. The second-order valence-corrected chi connectivity index (χ2v) is 9.90. The summed E-state index contributed by atoms with van der Waals surface area (Å²) in [7, 11) is 1.31. The molecule has 0 spiro atoms. The van der Waals surface area contributed by atoms with Crippen molar-refractivity contribution in [3.8, 4) is 17.4 Å². The third kappa shape index (κ3) is 7.00. The number of halogens is 3. The van der Waals surface area contributed by atoms with Crippen molar-refractivity contribution in [2.75, 3.05) is 49.2 Å². The molecule has 9 nitrogen and oxygen atoms in total. The predicted octanol–water partition coefficient (Wildman–Crippen LogP) is 6.91. The Hall–Kier alpha value is -4.58. The molecule has 5 rings (SSSR count). The molecule has 2 heterocycles. The van der Waals surface area contributed by atoms with Crippen LogP contribution in [0.25, 0.3) is 10.8 Å². The molecule has 1 saturated heterocycles. The summed E-state index contributed by atoms with van der Waals surface area (Å²) in [6.45, 7) is 5.73. The number of alkyl halides is 3. The number of nitrogens with zero attached hydrogens (tertiary/aromatic N) is 3. The zero-order valence-corrected chi connectivity index (χ0v) is 23.2. The van der Waals surface area contributed by atoms with E-state index in [2.05, 4.69) is 30.8 Å². The zero-order valence-electron chi connectivity index (χ0n) is 23.2. The van der Waals surface area contributed by atoms with Crippen molar-refractivity contribution < 1.29 is 27.4 Å². The summed E-state index contributed by atoms with van der Waals surface area (Å²) in [6, 6.07) is 14.5. The molecule has 3 aromatic carbocycles. The maximum Gasteiger partial charge on any atom is 0.416 e. The predicted molar refractivity (Wildman–Crippen MR) is 156 cm³/mol. The lowest BCUT2D eigenvalue weighted by Gasteiger charge is -2.16. The fraction of sp³-hybridized carbons (Fsp3) is 0.300. The smallest absolute Gasteiger partial charge is 0.416 e. The SMILES string of the molecule is COc1ccc(C(F)(F)F)cc1NC(=O)Nc1ccc(Oc2cc(C)nc(NCCN3CCCC3)n2)c2ccccc12. The number of likely N-dealkylation sites (tertiary alicyclic amines) is 1. The van der Waals surface area contributed by atoms with Gasteiger partial charge in [-0.2, -0.15) is 18.2 Å². The van der Waals surface area contributed by atoms with E-state index in [0.717, 1.165) is 50.1 Å². The van der Waals surface area contributed by atoms with Crippen LogP contribution in [0.1, 0.15) is 24.1 Å². The first-order chi connectivity index (χ1) is 20.2. The first-order valence-electron chi connectivity index (χ1n) is 13.5. The number of anilines is 3. The number of amides is 2. The van der Waals surface area contributed by atoms with E-state index in [1.165, 1.54) is 20.0 Å². The molecule has 0 bridgehead atoms. The van der Waals surface area contributed by atoms with Crippen molar-refractivity contribution in [1.29, 1.82) is 0 Å². The molecule has 1 aromatic heterocycles. The van der Waals surface area contributed by atoms with Crippen LogP contribution in [0, 0.1) is 6.92 Å². The number of nitrogens with one attached hydrogen (secondary N) is 3. The zero-order chi connectivity index (χ0) is 29.7. The average molecular weight is 581 g/mol. The Morgan fingerprint density at radius 2 is 1.64 bits per heavy atom. The molecular formula is C30H31F3N6O3. The largest absolute Gasteiger partial charge is 0.495 e. The highest BCUT2D eigenvalue weighted by atomic mass is 19.4. The molecule has 0 aliphatic carbocycles. The molecule has 0 unspecified atom stereocenters. The first-order valence-corrected chi connectivity index (χ1v) is 13.5. The van der Waals surface area contributed by atoms with Gasteiger partial charge in [0, 0.05) is 35.6 Å². The van der Waals surface area contributed by atoms with E-state index in [1.54, 1.807) is 24.3 Å². The molecule has 0 saturated carbocycles. The van der Waals surface area contributed by atoms with Crippen molar-refractivity contribution in [2.45, 2.75) is 25.9 Å². The van der Waals surface area contributed by atoms with Crippen LogP contribution in [0.3, 0.4) is 0 Å². The van der Waals surface area contributed by atoms with Crippen molar-refractivity contribution in [3.63, 3.8) is 0 Å². The number of fused-ring (bicyclic) bond motifs is 1. The van der Waals surface area contributed by atoms with Gasteiger partial charge >= 0.3 is 12.2 Å². The van der Waals surface area contributed by atoms with E-state index in [-0.39, 0.29) is 11.4 Å². The van der Waals surface area contributed by atoms with Gasteiger partial charge in [0.15, 0.2) is 0 Å². The molecule has 0 atom stereocenters. The van der Waals surface area contributed by atoms with Gasteiger partial charge in [0.05, 0.1) is 24.0 Å².